The highest BCUT2D eigenvalue weighted by Crippen LogP contribution is 2.26. The van der Waals surface area contributed by atoms with Crippen LogP contribution in [0.2, 0.25) is 0 Å². The predicted octanol–water partition coefficient (Wildman–Crippen LogP) is 0.217. The summed E-state index contributed by atoms with van der Waals surface area (Å²) in [4.78, 5) is 121. The summed E-state index contributed by atoms with van der Waals surface area (Å²) in [6, 6.07) is 3.86. The number of pyridine rings is 1. The van der Waals surface area contributed by atoms with Crippen LogP contribution >= 0.6 is 0 Å². The number of aromatic hydroxyl groups is 1. The van der Waals surface area contributed by atoms with Crippen LogP contribution in [0.25, 0.3) is 0 Å². The number of hydrogen-bond donors (Lipinski definition) is 5. The molecule has 1 aromatic heterocycles. The number of fused-ring (bicyclic) bond motifs is 1. The fourth-order valence-corrected chi connectivity index (χ4v) is 7.51. The highest BCUT2D eigenvalue weighted by molar-refractivity contribution is 6.00. The van der Waals surface area contributed by atoms with Crippen LogP contribution in [0, 0.1) is 17.8 Å². The van der Waals surface area contributed by atoms with E-state index in [0.717, 1.165) is 14.7 Å². The van der Waals surface area contributed by atoms with Crippen molar-refractivity contribution in [2.75, 3.05) is 40.8 Å². The van der Waals surface area contributed by atoms with Gasteiger partial charge in [0.2, 0.25) is 35.4 Å². The molecule has 8 unspecified atom stereocenters. The number of hydrogen-bond acceptors (Lipinski definition) is 12. The van der Waals surface area contributed by atoms with E-state index >= 15 is 0 Å². The van der Waals surface area contributed by atoms with Crippen LogP contribution in [0.1, 0.15) is 76.5 Å². The molecule has 0 saturated carbocycles. The van der Waals surface area contributed by atoms with Crippen molar-refractivity contribution in [3.63, 3.8) is 0 Å². The number of esters is 1. The fraction of sp³-hybridized carbons (Fsp3) is 0.558. The zero-order valence-electron chi connectivity index (χ0n) is 36.7. The normalized spacial score (nSPS) is 26.5. The molecule has 0 radical (unpaired) electrons. The van der Waals surface area contributed by atoms with Crippen LogP contribution in [0.3, 0.4) is 0 Å². The quantitative estimate of drug-likeness (QED) is 0.235. The van der Waals surface area contributed by atoms with Gasteiger partial charge < -0.3 is 50.5 Å². The Morgan fingerprint density at radius 3 is 2.19 bits per heavy atom. The first-order valence-corrected chi connectivity index (χ1v) is 20.7. The van der Waals surface area contributed by atoms with Crippen molar-refractivity contribution >= 4 is 47.3 Å². The Hall–Kier alpha value is -6.11. The molecule has 7 amide bonds. The molecule has 62 heavy (non-hydrogen) atoms. The van der Waals surface area contributed by atoms with Crippen LogP contribution in [0.5, 0.6) is 5.75 Å². The third-order valence-electron chi connectivity index (χ3n) is 11.9. The minimum Gasteiger partial charge on any atom is -0.505 e. The summed E-state index contributed by atoms with van der Waals surface area (Å²) in [7, 11) is 4.11. The molecular formula is C43H60N8O11. The summed E-state index contributed by atoms with van der Waals surface area (Å²) in [5.41, 5.74) is -0.142. The molecule has 3 heterocycles. The lowest BCUT2D eigenvalue weighted by molar-refractivity contribution is -0.160. The highest BCUT2D eigenvalue weighted by atomic mass is 16.5. The summed E-state index contributed by atoms with van der Waals surface area (Å²) in [6.07, 6.45) is -1.21. The van der Waals surface area contributed by atoms with E-state index in [-0.39, 0.29) is 18.9 Å². The lowest BCUT2D eigenvalue weighted by Crippen LogP contribution is -2.61. The van der Waals surface area contributed by atoms with Crippen molar-refractivity contribution in [3.05, 3.63) is 59.9 Å². The Kier molecular flexibility index (Phi) is 16.5. The van der Waals surface area contributed by atoms with E-state index in [1.54, 1.807) is 51.1 Å². The van der Waals surface area contributed by atoms with E-state index in [9.17, 15) is 48.6 Å². The largest absolute Gasteiger partial charge is 0.505 e. The Balaban J connectivity index is 1.84. The van der Waals surface area contributed by atoms with Gasteiger partial charge in [0.05, 0.1) is 19.2 Å². The lowest BCUT2D eigenvalue weighted by atomic mass is 9.88. The molecule has 2 fully saturated rings. The van der Waals surface area contributed by atoms with Crippen molar-refractivity contribution in [1.82, 2.24) is 40.5 Å². The summed E-state index contributed by atoms with van der Waals surface area (Å²) >= 11 is 0. The first kappa shape index (κ1) is 48.6. The number of cyclic esters (lactones) is 1. The van der Waals surface area contributed by atoms with E-state index in [1.807, 2.05) is 13.8 Å². The van der Waals surface area contributed by atoms with Crippen LogP contribution in [0.4, 0.5) is 0 Å². The van der Waals surface area contributed by atoms with Crippen molar-refractivity contribution in [1.29, 1.82) is 0 Å². The molecule has 1 aromatic carbocycles. The number of rotatable bonds is 7. The van der Waals surface area contributed by atoms with Crippen LogP contribution < -0.4 is 16.0 Å². The van der Waals surface area contributed by atoms with Gasteiger partial charge in [0.1, 0.15) is 36.0 Å². The predicted molar refractivity (Wildman–Crippen MR) is 223 cm³/mol. The molecule has 19 heteroatoms. The van der Waals surface area contributed by atoms with Gasteiger partial charge in [-0.15, -0.1) is 0 Å². The molecule has 338 valence electrons. The summed E-state index contributed by atoms with van der Waals surface area (Å²) < 4.78 is 5.88. The summed E-state index contributed by atoms with van der Waals surface area (Å²) in [5.74, 6) is -8.08. The first-order valence-electron chi connectivity index (χ1n) is 20.7. The Morgan fingerprint density at radius 1 is 0.919 bits per heavy atom. The second-order valence-electron chi connectivity index (χ2n) is 16.5. The average Bonchev–Trinajstić information content (AvgIpc) is 3.63. The maximum atomic E-state index is 14.5. The molecule has 5 N–H and O–H groups in total. The number of aliphatic hydroxyl groups is 1. The second kappa shape index (κ2) is 21.1. The van der Waals surface area contributed by atoms with Gasteiger partial charge in [-0.05, 0) is 42.4 Å². The molecule has 0 spiro atoms. The third-order valence-corrected chi connectivity index (χ3v) is 11.9. The van der Waals surface area contributed by atoms with E-state index in [4.69, 9.17) is 4.74 Å². The standard InChI is InChI=1S/C43H60N8O11/c1-10-24(4)33-42(60)51-21-28(52)19-29(51)41(59)48(7)22-32(55)50(9)36(25(5)23(2)3)40(58)45-20-31(54)49(8)37(27-15-12-11-13-16-27)43(61)62-26(6)34(38(56)46-33)47-39(57)35-30(53)17-14-18-44-35/h11-18,23-26,28-29,33-34,36-37,52-53H,10,19-22H2,1-9H3,(H,45,58)(H,46,56)(H,47,57)/t24?,25?,26?,28-,29?,33?,34?,36?,37?/m1/s1. The highest BCUT2D eigenvalue weighted by Gasteiger charge is 2.45. The lowest BCUT2D eigenvalue weighted by Gasteiger charge is -2.36. The van der Waals surface area contributed by atoms with Gasteiger partial charge in [-0.25, -0.2) is 9.78 Å². The van der Waals surface area contributed by atoms with E-state index in [1.165, 1.54) is 51.3 Å². The molecule has 4 rings (SSSR count). The molecule has 2 aliphatic rings. The Bertz CT molecular complexity index is 1980. The fourth-order valence-electron chi connectivity index (χ4n) is 7.51. The van der Waals surface area contributed by atoms with Crippen molar-refractivity contribution in [2.45, 2.75) is 96.8 Å². The molecule has 19 nitrogen and oxygen atoms in total. The van der Waals surface area contributed by atoms with Gasteiger partial charge in [0, 0.05) is 40.3 Å². The number of amides is 7. The molecular weight excluding hydrogens is 805 g/mol. The van der Waals surface area contributed by atoms with Crippen LogP contribution in [0.15, 0.2) is 48.7 Å². The number of carbonyl (C=O) groups is 8. The van der Waals surface area contributed by atoms with Crippen LogP contribution in [-0.2, 0) is 38.3 Å². The summed E-state index contributed by atoms with van der Waals surface area (Å²) in [5, 5.41) is 29.0. The number of carbonyl (C=O) groups excluding carboxylic acids is 8. The van der Waals surface area contributed by atoms with Gasteiger partial charge in [-0.2, -0.15) is 0 Å². The minimum absolute atomic E-state index is 0.113. The van der Waals surface area contributed by atoms with Gasteiger partial charge in [0.25, 0.3) is 5.91 Å². The molecule has 2 aliphatic heterocycles. The van der Waals surface area contributed by atoms with Crippen molar-refractivity contribution in [2.24, 2.45) is 17.8 Å². The van der Waals surface area contributed by atoms with Gasteiger partial charge >= 0.3 is 5.97 Å². The number of aliphatic hydroxyl groups excluding tert-OH is 1. The molecule has 2 aromatic rings. The number of nitrogens with zero attached hydrogens (tertiary/aromatic N) is 5. The number of aromatic nitrogens is 1. The van der Waals surface area contributed by atoms with Gasteiger partial charge in [-0.3, -0.25) is 33.6 Å². The SMILES string of the molecule is CCC(C)C1NC(=O)C(NC(=O)c2ncccc2O)C(C)OC(=O)C(c2ccccc2)N(C)C(=O)CNC(=O)C(C(C)C(C)C)N(C)C(=O)CN(C)C(=O)C2C[C@@H](O)CN2C1=O. The maximum Gasteiger partial charge on any atom is 0.333 e. The van der Waals surface area contributed by atoms with E-state index in [2.05, 4.69) is 20.9 Å². The first-order chi connectivity index (χ1) is 29.2. The zero-order chi connectivity index (χ0) is 46.2. The van der Waals surface area contributed by atoms with Crippen molar-refractivity contribution < 1.29 is 53.3 Å². The van der Waals surface area contributed by atoms with E-state index in [0.29, 0.717) is 12.0 Å². The number of nitrogens with one attached hydrogen (secondary N) is 3. The molecule has 0 bridgehead atoms. The molecule has 9 atom stereocenters. The van der Waals surface area contributed by atoms with Crippen LogP contribution in [-0.4, -0.2) is 159 Å². The smallest absolute Gasteiger partial charge is 0.333 e. The molecule has 2 saturated heterocycles. The number of benzene rings is 1. The van der Waals surface area contributed by atoms with Gasteiger partial charge in [0.15, 0.2) is 11.7 Å². The number of ether oxygens (including phenoxy) is 1. The third kappa shape index (κ3) is 11.2. The topological polar surface area (TPSA) is 248 Å². The Labute approximate surface area is 361 Å². The van der Waals surface area contributed by atoms with E-state index < -0.39 is 126 Å². The maximum absolute atomic E-state index is 14.5. The minimum atomic E-state index is -1.74. The monoisotopic (exact) mass is 864 g/mol. The zero-order valence-corrected chi connectivity index (χ0v) is 36.7. The summed E-state index contributed by atoms with van der Waals surface area (Å²) in [6.45, 7) is 8.92. The van der Waals surface area contributed by atoms with Crippen molar-refractivity contribution in [3.8, 4) is 5.75 Å². The number of likely N-dealkylation sites (N-methyl/N-ethyl adjacent to an activating group) is 3. The average molecular weight is 865 g/mol. The Morgan fingerprint density at radius 2 is 1.58 bits per heavy atom. The second-order valence-corrected chi connectivity index (χ2v) is 16.5. The molecule has 0 aliphatic carbocycles. The van der Waals surface area contributed by atoms with Gasteiger partial charge in [-0.1, -0.05) is 71.4 Å².